The van der Waals surface area contributed by atoms with Gasteiger partial charge in [-0.3, -0.25) is 0 Å². The maximum atomic E-state index is 6.86. The van der Waals surface area contributed by atoms with Gasteiger partial charge in [-0.25, -0.2) is 0 Å². The molecule has 0 bridgehead atoms. The molecule has 1 heterocycles. The lowest BCUT2D eigenvalue weighted by molar-refractivity contribution is 0.797. The number of fused-ring (bicyclic) bond motifs is 4. The molecule has 0 saturated carbocycles. The van der Waals surface area contributed by atoms with Gasteiger partial charge in [-0.15, -0.1) is 0 Å². The number of nitrogens with two attached hydrogens (primary N) is 1. The summed E-state index contributed by atoms with van der Waals surface area (Å²) in [6.07, 6.45) is 5.48. The molecule has 2 heteroatoms. The van der Waals surface area contributed by atoms with Crippen molar-refractivity contribution in [1.29, 1.82) is 0 Å². The number of rotatable bonds is 6. The first-order valence-electron chi connectivity index (χ1n) is 16.5. The first-order valence-corrected chi connectivity index (χ1v) is 16.5. The molecule has 9 rings (SSSR count). The zero-order valence-electron chi connectivity index (χ0n) is 26.1. The molecule has 3 N–H and O–H groups in total. The van der Waals surface area contributed by atoms with E-state index >= 15 is 0 Å². The summed E-state index contributed by atoms with van der Waals surface area (Å²) in [6, 6.07) is 52.8. The summed E-state index contributed by atoms with van der Waals surface area (Å²) in [5.41, 5.74) is 21.7. The van der Waals surface area contributed by atoms with Crippen molar-refractivity contribution in [2.45, 2.75) is 12.5 Å². The Morgan fingerprint density at radius 2 is 1.11 bits per heavy atom. The molecule has 2 aliphatic rings. The molecule has 1 aliphatic heterocycles. The molecule has 47 heavy (non-hydrogen) atoms. The highest BCUT2D eigenvalue weighted by Gasteiger charge is 2.31. The van der Waals surface area contributed by atoms with Crippen molar-refractivity contribution in [3.8, 4) is 44.5 Å². The fourth-order valence-electron chi connectivity index (χ4n) is 7.84. The Labute approximate surface area is 275 Å². The predicted octanol–water partition coefficient (Wildman–Crippen LogP) is 10.6. The number of nitrogens with one attached hydrogen (secondary N) is 1. The summed E-state index contributed by atoms with van der Waals surface area (Å²) < 4.78 is 0. The van der Waals surface area contributed by atoms with Gasteiger partial charge in [0.1, 0.15) is 0 Å². The molecule has 0 fully saturated rings. The fourth-order valence-corrected chi connectivity index (χ4v) is 7.84. The van der Waals surface area contributed by atoms with Crippen molar-refractivity contribution in [2.75, 3.05) is 6.54 Å². The molecule has 1 atom stereocenters. The minimum Gasteiger partial charge on any atom is -0.387 e. The Bertz CT molecular complexity index is 2280. The van der Waals surface area contributed by atoms with Crippen LogP contribution in [0.1, 0.15) is 17.5 Å². The summed E-state index contributed by atoms with van der Waals surface area (Å²) in [6.45, 7) is 0.943. The van der Waals surface area contributed by atoms with Gasteiger partial charge < -0.3 is 11.1 Å². The normalized spacial score (nSPS) is 14.2. The third kappa shape index (κ3) is 4.45. The lowest BCUT2D eigenvalue weighted by Gasteiger charge is -2.20. The number of hydrogen-bond donors (Lipinski definition) is 2. The highest BCUT2D eigenvalue weighted by molar-refractivity contribution is 6.28. The van der Waals surface area contributed by atoms with Gasteiger partial charge in [0.25, 0.3) is 0 Å². The molecule has 2 nitrogen and oxygen atoms in total. The topological polar surface area (TPSA) is 38.0 Å². The van der Waals surface area contributed by atoms with Crippen LogP contribution in [0.3, 0.4) is 0 Å². The van der Waals surface area contributed by atoms with E-state index in [-0.39, 0.29) is 6.04 Å². The van der Waals surface area contributed by atoms with Crippen LogP contribution in [-0.4, -0.2) is 12.6 Å². The average Bonchev–Trinajstić information content (AvgIpc) is 3.80. The van der Waals surface area contributed by atoms with Crippen LogP contribution < -0.4 is 11.1 Å². The van der Waals surface area contributed by atoms with Crippen LogP contribution in [0.15, 0.2) is 163 Å². The number of hydrogen-bond acceptors (Lipinski definition) is 2. The molecular weight excluding hydrogens is 569 g/mol. The van der Waals surface area contributed by atoms with E-state index in [9.17, 15) is 0 Å². The highest BCUT2D eigenvalue weighted by atomic mass is 14.9. The van der Waals surface area contributed by atoms with Crippen molar-refractivity contribution in [2.24, 2.45) is 5.73 Å². The van der Waals surface area contributed by atoms with Crippen LogP contribution in [0.5, 0.6) is 0 Å². The maximum Gasteiger partial charge on any atom is 0.0636 e. The Balaban J connectivity index is 1.39. The highest BCUT2D eigenvalue weighted by Crippen LogP contribution is 2.58. The third-order valence-corrected chi connectivity index (χ3v) is 9.84. The zero-order valence-corrected chi connectivity index (χ0v) is 26.1. The van der Waals surface area contributed by atoms with Crippen LogP contribution in [-0.2, 0) is 0 Å². The summed E-state index contributed by atoms with van der Waals surface area (Å²) in [4.78, 5) is 0. The molecule has 1 aliphatic carbocycles. The first-order chi connectivity index (χ1) is 23.3. The van der Waals surface area contributed by atoms with Gasteiger partial charge in [0.15, 0.2) is 0 Å². The predicted molar refractivity (Wildman–Crippen MR) is 199 cm³/mol. The first kappa shape index (κ1) is 27.6. The molecule has 0 aromatic heterocycles. The van der Waals surface area contributed by atoms with Crippen LogP contribution in [0.25, 0.3) is 71.6 Å². The van der Waals surface area contributed by atoms with Crippen LogP contribution >= 0.6 is 0 Å². The molecule has 224 valence electrons. The van der Waals surface area contributed by atoms with Crippen LogP contribution in [0.2, 0.25) is 0 Å². The fraction of sp³-hybridized carbons (Fsp3) is 0.0667. The third-order valence-electron chi connectivity index (χ3n) is 9.84. The summed E-state index contributed by atoms with van der Waals surface area (Å²) in [5, 5.41) is 8.59. The number of benzene rings is 7. The van der Waals surface area contributed by atoms with Crippen LogP contribution in [0, 0.1) is 0 Å². The second-order valence-corrected chi connectivity index (χ2v) is 12.5. The lowest BCUT2D eigenvalue weighted by atomic mass is 9.82. The summed E-state index contributed by atoms with van der Waals surface area (Å²) in [5.74, 6) is 0. The molecule has 7 aromatic carbocycles. The maximum absolute atomic E-state index is 6.86. The van der Waals surface area contributed by atoms with E-state index in [4.69, 9.17) is 5.73 Å². The Hall–Kier alpha value is -5.70. The van der Waals surface area contributed by atoms with Crippen molar-refractivity contribution in [3.63, 3.8) is 0 Å². The van der Waals surface area contributed by atoms with Crippen molar-refractivity contribution in [1.82, 2.24) is 5.32 Å². The van der Waals surface area contributed by atoms with E-state index < -0.39 is 0 Å². The van der Waals surface area contributed by atoms with E-state index in [0.717, 1.165) is 24.2 Å². The Morgan fingerprint density at radius 1 is 0.553 bits per heavy atom. The molecule has 0 amide bonds. The largest absolute Gasteiger partial charge is 0.387 e. The smallest absolute Gasteiger partial charge is 0.0636 e. The minimum absolute atomic E-state index is 0.215. The van der Waals surface area contributed by atoms with E-state index in [1.165, 1.54) is 77.2 Å². The molecule has 0 radical (unpaired) electrons. The second-order valence-electron chi connectivity index (χ2n) is 12.5. The molecule has 0 saturated heterocycles. The van der Waals surface area contributed by atoms with Gasteiger partial charge in [-0.2, -0.15) is 0 Å². The van der Waals surface area contributed by atoms with Crippen molar-refractivity contribution < 1.29 is 0 Å². The summed E-state index contributed by atoms with van der Waals surface area (Å²) >= 11 is 0. The molecule has 7 aromatic rings. The van der Waals surface area contributed by atoms with Crippen LogP contribution in [0.4, 0.5) is 0 Å². The minimum atomic E-state index is -0.215. The van der Waals surface area contributed by atoms with E-state index in [1.54, 1.807) is 0 Å². The quantitative estimate of drug-likeness (QED) is 0.199. The zero-order chi connectivity index (χ0) is 31.3. The molecule has 0 spiro atoms. The second kappa shape index (κ2) is 11.3. The van der Waals surface area contributed by atoms with Gasteiger partial charge in [0.05, 0.1) is 6.04 Å². The van der Waals surface area contributed by atoms with Crippen molar-refractivity contribution >= 4 is 27.1 Å². The molecular formula is C45H34N2. The standard InChI is InChI=1S/C45H34N2/c46-39(40-24-13-27-47-40)28-38(29-14-4-1-5-15-29)32-25-26-37-43-33(32)22-12-23-36(43)44-41(30-16-6-2-7-17-30)34-20-10-11-21-35(34)42(45(37)44)31-18-8-3-9-19-31/h1-12,14-26,28,39,47H,13,27,46H2/b38-28+. The average molecular weight is 603 g/mol. The van der Waals surface area contributed by atoms with E-state index in [2.05, 4.69) is 163 Å². The van der Waals surface area contributed by atoms with E-state index in [0.29, 0.717) is 0 Å². The van der Waals surface area contributed by atoms with Gasteiger partial charge in [0, 0.05) is 12.2 Å². The van der Waals surface area contributed by atoms with E-state index in [1.807, 2.05) is 0 Å². The summed E-state index contributed by atoms with van der Waals surface area (Å²) in [7, 11) is 0. The van der Waals surface area contributed by atoms with Gasteiger partial charge in [0.2, 0.25) is 0 Å². The Kier molecular flexibility index (Phi) is 6.62. The van der Waals surface area contributed by atoms with Gasteiger partial charge in [-0.1, -0.05) is 158 Å². The van der Waals surface area contributed by atoms with Gasteiger partial charge >= 0.3 is 0 Å². The van der Waals surface area contributed by atoms with Crippen molar-refractivity contribution in [3.05, 3.63) is 175 Å². The Morgan fingerprint density at radius 3 is 1.70 bits per heavy atom. The monoisotopic (exact) mass is 602 g/mol. The molecule has 1 unspecified atom stereocenters. The SMILES string of the molecule is NC(/C=C(\c1ccccc1)c1ccc2c3c(cccc13)-c1c-2c(-c2ccccc2)c2ccccc2c1-c1ccccc1)C1=CCCN1. The lowest BCUT2D eigenvalue weighted by Crippen LogP contribution is -2.27. The van der Waals surface area contributed by atoms with Gasteiger partial charge in [-0.05, 0) is 89.2 Å².